The highest BCUT2D eigenvalue weighted by Crippen LogP contribution is 2.42. The van der Waals surface area contributed by atoms with Gasteiger partial charge in [0.05, 0.1) is 0 Å². The molecule has 25 heavy (non-hydrogen) atoms. The van der Waals surface area contributed by atoms with Crippen LogP contribution >= 0.6 is 0 Å². The zero-order chi connectivity index (χ0) is 17.4. The summed E-state index contributed by atoms with van der Waals surface area (Å²) in [6, 6.07) is 14.8. The fourth-order valence-corrected chi connectivity index (χ4v) is 4.57. The van der Waals surface area contributed by atoms with E-state index < -0.39 is 0 Å². The number of nitrogens with one attached hydrogen (secondary N) is 1. The van der Waals surface area contributed by atoms with Crippen LogP contribution in [0.3, 0.4) is 0 Å². The van der Waals surface area contributed by atoms with Gasteiger partial charge in [0.2, 0.25) is 0 Å². The fraction of sp³-hybridized carbons (Fsp3) is 0.435. The lowest BCUT2D eigenvalue weighted by molar-refractivity contribution is 0.0937. The lowest BCUT2D eigenvalue weighted by Gasteiger charge is -2.27. The van der Waals surface area contributed by atoms with Crippen molar-refractivity contribution in [1.82, 2.24) is 5.32 Å². The van der Waals surface area contributed by atoms with Crippen LogP contribution in [0, 0.1) is 11.3 Å². The number of hydrogen-bond donors (Lipinski definition) is 1. The van der Waals surface area contributed by atoms with Crippen LogP contribution in [0.15, 0.2) is 42.5 Å². The van der Waals surface area contributed by atoms with E-state index in [2.05, 4.69) is 55.6 Å². The molecule has 0 bridgehead atoms. The van der Waals surface area contributed by atoms with E-state index in [0.717, 1.165) is 24.9 Å². The molecular weight excluding hydrogens is 306 g/mol. The maximum absolute atomic E-state index is 12.6. The van der Waals surface area contributed by atoms with Crippen molar-refractivity contribution >= 4 is 5.91 Å². The lowest BCUT2D eigenvalue weighted by Crippen LogP contribution is -2.33. The quantitative estimate of drug-likeness (QED) is 0.840. The van der Waals surface area contributed by atoms with Crippen molar-refractivity contribution in [2.24, 2.45) is 11.3 Å². The summed E-state index contributed by atoms with van der Waals surface area (Å²) in [7, 11) is 0. The highest BCUT2D eigenvalue weighted by Gasteiger charge is 2.34. The van der Waals surface area contributed by atoms with Crippen molar-refractivity contribution in [1.29, 1.82) is 0 Å². The van der Waals surface area contributed by atoms with Crippen molar-refractivity contribution in [3.63, 3.8) is 0 Å². The summed E-state index contributed by atoms with van der Waals surface area (Å²) >= 11 is 0. The molecule has 0 spiro atoms. The average molecular weight is 333 g/mol. The molecule has 0 radical (unpaired) electrons. The maximum atomic E-state index is 12.6. The first-order valence-electron chi connectivity index (χ1n) is 9.54. The van der Waals surface area contributed by atoms with Crippen LogP contribution in [0.2, 0.25) is 0 Å². The molecule has 0 aromatic heterocycles. The van der Waals surface area contributed by atoms with Gasteiger partial charge >= 0.3 is 0 Å². The molecule has 2 aliphatic rings. The fourth-order valence-electron chi connectivity index (χ4n) is 4.57. The van der Waals surface area contributed by atoms with Crippen LogP contribution in [0.25, 0.3) is 11.1 Å². The first-order valence-corrected chi connectivity index (χ1v) is 9.54. The summed E-state index contributed by atoms with van der Waals surface area (Å²) in [5.74, 6) is 0.672. The second-order valence-electron chi connectivity index (χ2n) is 8.32. The van der Waals surface area contributed by atoms with E-state index in [4.69, 9.17) is 0 Å². The van der Waals surface area contributed by atoms with Gasteiger partial charge in [-0.1, -0.05) is 50.6 Å². The first-order chi connectivity index (χ1) is 12.0. The summed E-state index contributed by atoms with van der Waals surface area (Å²) in [6.45, 7) is 5.45. The summed E-state index contributed by atoms with van der Waals surface area (Å²) in [4.78, 5) is 12.6. The number of rotatable bonds is 3. The molecule has 1 amide bonds. The number of hydrogen-bond acceptors (Lipinski definition) is 1. The predicted molar refractivity (Wildman–Crippen MR) is 103 cm³/mol. The Morgan fingerprint density at radius 1 is 1.08 bits per heavy atom. The average Bonchev–Trinajstić information content (AvgIpc) is 2.97. The van der Waals surface area contributed by atoms with Crippen molar-refractivity contribution in [3.05, 3.63) is 59.2 Å². The Balaban J connectivity index is 1.50. The zero-order valence-corrected chi connectivity index (χ0v) is 15.3. The standard InChI is InChI=1S/C23H27NO/c1-23(2)13-5-7-19(23)15-24-22(25)18-11-12-21-17(14-18)10-9-16-6-3-4-8-20(16)21/h3-4,6,8,11-12,14,19H,5,7,9-10,13,15H2,1-2H3,(H,24,25). The SMILES string of the molecule is CC1(C)CCCC1CNC(=O)c1ccc2c(c1)CCc1ccccc1-2. The van der Waals surface area contributed by atoms with Crippen LogP contribution in [0.4, 0.5) is 0 Å². The van der Waals surface area contributed by atoms with Crippen molar-refractivity contribution in [2.75, 3.05) is 6.54 Å². The Kier molecular flexibility index (Phi) is 4.15. The number of amides is 1. The van der Waals surface area contributed by atoms with Crippen molar-refractivity contribution < 1.29 is 4.79 Å². The van der Waals surface area contributed by atoms with Gasteiger partial charge in [0.1, 0.15) is 0 Å². The minimum absolute atomic E-state index is 0.0735. The molecule has 1 unspecified atom stereocenters. The molecule has 2 aliphatic carbocycles. The summed E-state index contributed by atoms with van der Waals surface area (Å²) < 4.78 is 0. The molecule has 2 nitrogen and oxygen atoms in total. The number of benzene rings is 2. The molecule has 2 aromatic carbocycles. The van der Waals surface area contributed by atoms with Gasteiger partial charge in [-0.15, -0.1) is 0 Å². The molecule has 1 saturated carbocycles. The summed E-state index contributed by atoms with van der Waals surface area (Å²) in [6.07, 6.45) is 5.86. The van der Waals surface area contributed by atoms with E-state index in [9.17, 15) is 4.79 Å². The van der Waals surface area contributed by atoms with Gasteiger partial charge in [0.25, 0.3) is 5.91 Å². The van der Waals surface area contributed by atoms with Crippen LogP contribution in [0.5, 0.6) is 0 Å². The van der Waals surface area contributed by atoms with Crippen LogP contribution < -0.4 is 5.32 Å². The number of carbonyl (C=O) groups excluding carboxylic acids is 1. The van der Waals surface area contributed by atoms with E-state index in [-0.39, 0.29) is 5.91 Å². The largest absolute Gasteiger partial charge is 0.352 e. The third-order valence-corrected chi connectivity index (χ3v) is 6.33. The van der Waals surface area contributed by atoms with E-state index in [1.54, 1.807) is 0 Å². The smallest absolute Gasteiger partial charge is 0.251 e. The molecule has 130 valence electrons. The van der Waals surface area contributed by atoms with Crippen molar-refractivity contribution in [3.8, 4) is 11.1 Å². The molecular formula is C23H27NO. The van der Waals surface area contributed by atoms with Crippen LogP contribution in [-0.4, -0.2) is 12.5 Å². The van der Waals surface area contributed by atoms with Gasteiger partial charge in [0, 0.05) is 12.1 Å². The van der Waals surface area contributed by atoms with E-state index in [1.165, 1.54) is 41.5 Å². The Bertz CT molecular complexity index is 805. The first kappa shape index (κ1) is 16.4. The maximum Gasteiger partial charge on any atom is 0.251 e. The summed E-state index contributed by atoms with van der Waals surface area (Å²) in [5.41, 5.74) is 6.48. The highest BCUT2D eigenvalue weighted by molar-refractivity contribution is 5.95. The molecule has 2 aromatic rings. The molecule has 4 rings (SSSR count). The number of fused-ring (bicyclic) bond motifs is 3. The van der Waals surface area contributed by atoms with E-state index in [1.807, 2.05) is 6.07 Å². The van der Waals surface area contributed by atoms with Crippen LogP contribution in [-0.2, 0) is 12.8 Å². The minimum Gasteiger partial charge on any atom is -0.352 e. The second-order valence-corrected chi connectivity index (χ2v) is 8.32. The number of aryl methyl sites for hydroxylation is 2. The monoisotopic (exact) mass is 333 g/mol. The van der Waals surface area contributed by atoms with Gasteiger partial charge in [-0.3, -0.25) is 4.79 Å². The molecule has 1 atom stereocenters. The minimum atomic E-state index is 0.0735. The van der Waals surface area contributed by atoms with Gasteiger partial charge in [-0.25, -0.2) is 0 Å². The van der Waals surface area contributed by atoms with Crippen molar-refractivity contribution in [2.45, 2.75) is 46.0 Å². The Morgan fingerprint density at radius 3 is 2.64 bits per heavy atom. The summed E-state index contributed by atoms with van der Waals surface area (Å²) in [5, 5.41) is 3.18. The van der Waals surface area contributed by atoms with E-state index in [0.29, 0.717) is 11.3 Å². The molecule has 0 saturated heterocycles. The topological polar surface area (TPSA) is 29.1 Å². The number of carbonyl (C=O) groups is 1. The molecule has 2 heteroatoms. The molecule has 0 aliphatic heterocycles. The Morgan fingerprint density at radius 2 is 1.84 bits per heavy atom. The highest BCUT2D eigenvalue weighted by atomic mass is 16.1. The molecule has 0 heterocycles. The molecule has 1 fully saturated rings. The van der Waals surface area contributed by atoms with Gasteiger partial charge < -0.3 is 5.32 Å². The lowest BCUT2D eigenvalue weighted by atomic mass is 9.82. The van der Waals surface area contributed by atoms with Crippen LogP contribution in [0.1, 0.15) is 54.6 Å². The normalized spacial score (nSPS) is 20.6. The van der Waals surface area contributed by atoms with Gasteiger partial charge in [-0.2, -0.15) is 0 Å². The van der Waals surface area contributed by atoms with Gasteiger partial charge in [-0.05, 0) is 71.4 Å². The predicted octanol–water partition coefficient (Wildman–Crippen LogP) is 5.01. The zero-order valence-electron chi connectivity index (χ0n) is 15.3. The second kappa shape index (κ2) is 6.33. The van der Waals surface area contributed by atoms with E-state index >= 15 is 0 Å². The Labute approximate surface area is 150 Å². The Hall–Kier alpha value is -2.09. The third kappa shape index (κ3) is 3.10. The third-order valence-electron chi connectivity index (χ3n) is 6.33. The van der Waals surface area contributed by atoms with Gasteiger partial charge in [0.15, 0.2) is 0 Å². The molecule has 1 N–H and O–H groups in total.